The molecule has 1 aliphatic heterocycles. The number of nitrogens with zero attached hydrogens (tertiary/aromatic N) is 3. The number of hydrogen-bond acceptors (Lipinski definition) is 4. The lowest BCUT2D eigenvalue weighted by atomic mass is 10.2. The van der Waals surface area contributed by atoms with Gasteiger partial charge in [-0.25, -0.2) is 0 Å². The second-order valence-electron chi connectivity index (χ2n) is 7.04. The van der Waals surface area contributed by atoms with Gasteiger partial charge in [-0.2, -0.15) is 0 Å². The van der Waals surface area contributed by atoms with Crippen molar-refractivity contribution < 1.29 is 9.53 Å². The van der Waals surface area contributed by atoms with E-state index in [-0.39, 0.29) is 5.91 Å². The standard InChI is InChI=1S/C20H31N3O2/c1-3-21-10-12-22(13-11-21)16-20(24)23(18-8-9-18)15-17-6-5-7-19(14-17)25-4-2/h5-7,14,18H,3-4,8-13,15-16H2,1-2H3. The van der Waals surface area contributed by atoms with Crippen LogP contribution in [0, 0.1) is 0 Å². The Hall–Kier alpha value is -1.59. The summed E-state index contributed by atoms with van der Waals surface area (Å²) >= 11 is 0. The fraction of sp³-hybridized carbons (Fsp3) is 0.650. The van der Waals surface area contributed by atoms with Gasteiger partial charge in [0.15, 0.2) is 0 Å². The quantitative estimate of drug-likeness (QED) is 0.724. The van der Waals surface area contributed by atoms with Gasteiger partial charge in [0, 0.05) is 38.8 Å². The molecule has 0 atom stereocenters. The van der Waals surface area contributed by atoms with Crippen molar-refractivity contribution in [3.05, 3.63) is 29.8 Å². The molecule has 0 radical (unpaired) electrons. The summed E-state index contributed by atoms with van der Waals surface area (Å²) in [5.41, 5.74) is 1.15. The van der Waals surface area contributed by atoms with Crippen LogP contribution in [0.1, 0.15) is 32.3 Å². The van der Waals surface area contributed by atoms with Crippen molar-refractivity contribution in [1.82, 2.24) is 14.7 Å². The summed E-state index contributed by atoms with van der Waals surface area (Å²) in [5, 5.41) is 0. The van der Waals surface area contributed by atoms with Crippen LogP contribution in [-0.4, -0.2) is 72.5 Å². The van der Waals surface area contributed by atoms with E-state index in [9.17, 15) is 4.79 Å². The van der Waals surface area contributed by atoms with Gasteiger partial charge < -0.3 is 14.5 Å². The van der Waals surface area contributed by atoms with Gasteiger partial charge in [0.05, 0.1) is 13.2 Å². The third-order valence-electron chi connectivity index (χ3n) is 5.14. The number of hydrogen-bond donors (Lipinski definition) is 0. The van der Waals surface area contributed by atoms with Gasteiger partial charge in [-0.1, -0.05) is 19.1 Å². The van der Waals surface area contributed by atoms with Crippen LogP contribution in [0.2, 0.25) is 0 Å². The topological polar surface area (TPSA) is 36.0 Å². The zero-order chi connectivity index (χ0) is 17.6. The van der Waals surface area contributed by atoms with Gasteiger partial charge in [-0.15, -0.1) is 0 Å². The Balaban J connectivity index is 1.57. The fourth-order valence-corrected chi connectivity index (χ4v) is 3.45. The molecule has 5 heteroatoms. The predicted octanol–water partition coefficient (Wildman–Crippen LogP) is 2.21. The van der Waals surface area contributed by atoms with E-state index in [2.05, 4.69) is 33.8 Å². The van der Waals surface area contributed by atoms with E-state index in [1.165, 1.54) is 0 Å². The Morgan fingerprint density at radius 3 is 2.52 bits per heavy atom. The lowest BCUT2D eigenvalue weighted by molar-refractivity contribution is -0.134. The minimum absolute atomic E-state index is 0.272. The lowest BCUT2D eigenvalue weighted by Gasteiger charge is -2.35. The highest BCUT2D eigenvalue weighted by molar-refractivity contribution is 5.79. The largest absolute Gasteiger partial charge is 0.494 e. The number of amides is 1. The number of rotatable bonds is 8. The van der Waals surface area contributed by atoms with Crippen molar-refractivity contribution in [3.63, 3.8) is 0 Å². The average molecular weight is 345 g/mol. The third-order valence-corrected chi connectivity index (χ3v) is 5.14. The molecule has 25 heavy (non-hydrogen) atoms. The molecule has 1 aromatic carbocycles. The normalized spacial score (nSPS) is 19.0. The van der Waals surface area contributed by atoms with Crippen molar-refractivity contribution in [2.24, 2.45) is 0 Å². The predicted molar refractivity (Wildman–Crippen MR) is 99.7 cm³/mol. The van der Waals surface area contributed by atoms with Crippen LogP contribution < -0.4 is 4.74 Å². The van der Waals surface area contributed by atoms with Gasteiger partial charge in [0.25, 0.3) is 0 Å². The van der Waals surface area contributed by atoms with E-state index in [0.29, 0.717) is 25.7 Å². The molecular weight excluding hydrogens is 314 g/mol. The summed E-state index contributed by atoms with van der Waals surface area (Å²) in [6.07, 6.45) is 2.28. The van der Waals surface area contributed by atoms with Crippen LogP contribution in [0.4, 0.5) is 0 Å². The zero-order valence-corrected chi connectivity index (χ0v) is 15.6. The molecule has 0 bridgehead atoms. The summed E-state index contributed by atoms with van der Waals surface area (Å²) in [7, 11) is 0. The lowest BCUT2D eigenvalue weighted by Crippen LogP contribution is -2.50. The molecule has 0 spiro atoms. The average Bonchev–Trinajstić information content (AvgIpc) is 3.46. The van der Waals surface area contributed by atoms with Crippen molar-refractivity contribution in [2.75, 3.05) is 45.9 Å². The van der Waals surface area contributed by atoms with Crippen molar-refractivity contribution >= 4 is 5.91 Å². The first-order valence-electron chi connectivity index (χ1n) is 9.65. The SMILES string of the molecule is CCOc1cccc(CN(C(=O)CN2CCN(CC)CC2)C2CC2)c1. The smallest absolute Gasteiger partial charge is 0.237 e. The van der Waals surface area contributed by atoms with Crippen LogP contribution in [0.5, 0.6) is 5.75 Å². The molecule has 1 heterocycles. The number of carbonyl (C=O) groups is 1. The summed E-state index contributed by atoms with van der Waals surface area (Å²) in [4.78, 5) is 19.7. The van der Waals surface area contributed by atoms with E-state index in [1.54, 1.807) is 0 Å². The van der Waals surface area contributed by atoms with Crippen LogP contribution in [0.25, 0.3) is 0 Å². The summed E-state index contributed by atoms with van der Waals surface area (Å²) < 4.78 is 5.59. The minimum atomic E-state index is 0.272. The maximum Gasteiger partial charge on any atom is 0.237 e. The van der Waals surface area contributed by atoms with E-state index < -0.39 is 0 Å². The molecule has 138 valence electrons. The Morgan fingerprint density at radius 1 is 1.16 bits per heavy atom. The number of piperazine rings is 1. The van der Waals surface area contributed by atoms with Gasteiger partial charge in [0.1, 0.15) is 5.75 Å². The first kappa shape index (κ1) is 18.2. The minimum Gasteiger partial charge on any atom is -0.494 e. The highest BCUT2D eigenvalue weighted by atomic mass is 16.5. The van der Waals surface area contributed by atoms with Crippen molar-refractivity contribution in [3.8, 4) is 5.75 Å². The maximum absolute atomic E-state index is 12.9. The Morgan fingerprint density at radius 2 is 1.88 bits per heavy atom. The second kappa shape index (κ2) is 8.68. The van der Waals surface area contributed by atoms with E-state index in [4.69, 9.17) is 4.74 Å². The molecule has 0 unspecified atom stereocenters. The van der Waals surface area contributed by atoms with Crippen LogP contribution >= 0.6 is 0 Å². The monoisotopic (exact) mass is 345 g/mol. The molecule has 1 aromatic rings. The zero-order valence-electron chi connectivity index (χ0n) is 15.6. The second-order valence-corrected chi connectivity index (χ2v) is 7.04. The number of ether oxygens (including phenoxy) is 1. The molecule has 2 aliphatic rings. The van der Waals surface area contributed by atoms with Gasteiger partial charge in [-0.3, -0.25) is 9.69 Å². The van der Waals surface area contributed by atoms with E-state index in [0.717, 1.165) is 56.9 Å². The maximum atomic E-state index is 12.9. The highest BCUT2D eigenvalue weighted by Crippen LogP contribution is 2.29. The molecule has 1 amide bonds. The fourth-order valence-electron chi connectivity index (χ4n) is 3.45. The summed E-state index contributed by atoms with van der Waals surface area (Å²) in [6, 6.07) is 8.57. The Bertz CT molecular complexity index is 566. The van der Waals surface area contributed by atoms with Crippen LogP contribution in [0.15, 0.2) is 24.3 Å². The molecule has 5 nitrogen and oxygen atoms in total. The van der Waals surface area contributed by atoms with Crippen LogP contribution in [0.3, 0.4) is 0 Å². The van der Waals surface area contributed by atoms with Crippen molar-refractivity contribution in [1.29, 1.82) is 0 Å². The van der Waals surface area contributed by atoms with Gasteiger partial charge >= 0.3 is 0 Å². The first-order chi connectivity index (χ1) is 12.2. The first-order valence-corrected chi connectivity index (χ1v) is 9.65. The molecule has 3 rings (SSSR count). The number of carbonyl (C=O) groups excluding carboxylic acids is 1. The molecule has 1 saturated heterocycles. The molecular formula is C20H31N3O2. The summed E-state index contributed by atoms with van der Waals surface area (Å²) in [5.74, 6) is 1.16. The van der Waals surface area contributed by atoms with Gasteiger partial charge in [-0.05, 0) is 44.0 Å². The van der Waals surface area contributed by atoms with Crippen LogP contribution in [-0.2, 0) is 11.3 Å². The molecule has 0 aromatic heterocycles. The molecule has 1 saturated carbocycles. The van der Waals surface area contributed by atoms with E-state index in [1.807, 2.05) is 19.1 Å². The molecule has 1 aliphatic carbocycles. The molecule has 0 N–H and O–H groups in total. The van der Waals surface area contributed by atoms with Crippen molar-refractivity contribution in [2.45, 2.75) is 39.3 Å². The Labute approximate surface area is 151 Å². The van der Waals surface area contributed by atoms with Gasteiger partial charge in [0.2, 0.25) is 5.91 Å². The number of benzene rings is 1. The van der Waals surface area contributed by atoms with E-state index >= 15 is 0 Å². The molecule has 2 fully saturated rings. The highest BCUT2D eigenvalue weighted by Gasteiger charge is 2.33. The number of likely N-dealkylation sites (N-methyl/N-ethyl adjacent to an activating group) is 1. The third kappa shape index (κ3) is 5.19. The summed E-state index contributed by atoms with van der Waals surface area (Å²) in [6.45, 7) is 11.4. The Kier molecular flexibility index (Phi) is 6.32.